The molecule has 2 aromatic rings. The summed E-state index contributed by atoms with van der Waals surface area (Å²) in [5.74, 6) is 0. The average Bonchev–Trinajstić information content (AvgIpc) is 2.63. The SMILES string of the molecule is C=C(c1ccc(N(C)C)cc1)c1ccc([Si](OC)(OC)OC)cc1. The van der Waals surface area contributed by atoms with Crippen LogP contribution in [0.4, 0.5) is 5.69 Å². The van der Waals surface area contributed by atoms with Gasteiger partial charge in [-0.1, -0.05) is 43.0 Å². The number of nitrogens with zero attached hydrogens (tertiary/aromatic N) is 1. The summed E-state index contributed by atoms with van der Waals surface area (Å²) >= 11 is 0. The van der Waals surface area contributed by atoms with Gasteiger partial charge < -0.3 is 18.2 Å². The molecule has 0 aliphatic heterocycles. The van der Waals surface area contributed by atoms with Gasteiger partial charge in [-0.3, -0.25) is 0 Å². The maximum Gasteiger partial charge on any atom is 0.536 e. The molecule has 0 saturated carbocycles. The maximum atomic E-state index is 5.51. The lowest BCUT2D eigenvalue weighted by Crippen LogP contribution is -2.54. The van der Waals surface area contributed by atoms with Crippen molar-refractivity contribution in [2.75, 3.05) is 40.3 Å². The first kappa shape index (κ1) is 18.4. The molecule has 0 N–H and O–H groups in total. The third kappa shape index (κ3) is 3.60. The van der Waals surface area contributed by atoms with E-state index in [-0.39, 0.29) is 0 Å². The van der Waals surface area contributed by atoms with Crippen molar-refractivity contribution in [3.8, 4) is 0 Å². The minimum absolute atomic E-state index is 0.925. The molecule has 4 nitrogen and oxygen atoms in total. The Labute approximate surface area is 145 Å². The van der Waals surface area contributed by atoms with Gasteiger partial charge in [0, 0.05) is 46.3 Å². The maximum absolute atomic E-state index is 5.51. The van der Waals surface area contributed by atoms with Crippen LogP contribution in [-0.2, 0) is 13.3 Å². The van der Waals surface area contributed by atoms with Gasteiger partial charge in [-0.05, 0) is 28.8 Å². The minimum atomic E-state index is -2.79. The molecule has 0 heterocycles. The van der Waals surface area contributed by atoms with Crippen molar-refractivity contribution in [3.05, 3.63) is 66.2 Å². The molecule has 0 saturated heterocycles. The van der Waals surface area contributed by atoms with E-state index in [0.29, 0.717) is 0 Å². The Morgan fingerprint density at radius 2 is 1.21 bits per heavy atom. The highest BCUT2D eigenvalue weighted by Gasteiger charge is 2.40. The summed E-state index contributed by atoms with van der Waals surface area (Å²) in [4.78, 5) is 2.08. The van der Waals surface area contributed by atoms with Crippen LogP contribution in [0.15, 0.2) is 55.1 Å². The topological polar surface area (TPSA) is 30.9 Å². The van der Waals surface area contributed by atoms with Gasteiger partial charge in [0.1, 0.15) is 0 Å². The molecule has 0 unspecified atom stereocenters. The molecule has 0 radical (unpaired) electrons. The zero-order chi connectivity index (χ0) is 17.7. The zero-order valence-electron chi connectivity index (χ0n) is 15.0. The highest BCUT2D eigenvalue weighted by atomic mass is 28.4. The van der Waals surface area contributed by atoms with Gasteiger partial charge in [0.2, 0.25) is 0 Å². The van der Waals surface area contributed by atoms with Crippen LogP contribution in [0.3, 0.4) is 0 Å². The summed E-state index contributed by atoms with van der Waals surface area (Å²) in [6.45, 7) is 4.23. The first-order valence-electron chi connectivity index (χ1n) is 7.70. The summed E-state index contributed by atoms with van der Waals surface area (Å²) in [6.07, 6.45) is 0. The van der Waals surface area contributed by atoms with E-state index in [0.717, 1.165) is 27.6 Å². The van der Waals surface area contributed by atoms with Gasteiger partial charge in [-0.25, -0.2) is 0 Å². The minimum Gasteiger partial charge on any atom is -0.378 e. The Morgan fingerprint density at radius 1 is 0.792 bits per heavy atom. The van der Waals surface area contributed by atoms with Crippen LogP contribution in [0.25, 0.3) is 5.57 Å². The van der Waals surface area contributed by atoms with Gasteiger partial charge in [0.25, 0.3) is 0 Å². The predicted molar refractivity (Wildman–Crippen MR) is 102 cm³/mol. The summed E-state index contributed by atoms with van der Waals surface area (Å²) in [7, 11) is 6.10. The summed E-state index contributed by atoms with van der Waals surface area (Å²) in [5.41, 5.74) is 4.30. The van der Waals surface area contributed by atoms with Crippen LogP contribution in [-0.4, -0.2) is 44.2 Å². The van der Waals surface area contributed by atoms with E-state index < -0.39 is 8.80 Å². The van der Waals surface area contributed by atoms with Crippen molar-refractivity contribution in [1.82, 2.24) is 0 Å². The first-order chi connectivity index (χ1) is 11.5. The molecule has 5 heteroatoms. The van der Waals surface area contributed by atoms with Crippen molar-refractivity contribution in [2.45, 2.75) is 0 Å². The standard InChI is InChI=1S/C19H25NO3Si/c1-15(16-7-11-18(12-8-16)20(2)3)17-9-13-19(14-10-17)24(21-4,22-5)23-6/h7-14H,1H2,2-6H3. The van der Waals surface area contributed by atoms with E-state index in [1.807, 2.05) is 38.4 Å². The second kappa shape index (κ2) is 7.77. The molecule has 0 aliphatic rings. The highest BCUT2D eigenvalue weighted by Crippen LogP contribution is 2.23. The number of rotatable bonds is 7. The lowest BCUT2D eigenvalue weighted by Gasteiger charge is -2.24. The molecular formula is C19H25NO3Si. The molecule has 2 rings (SSSR count). The van der Waals surface area contributed by atoms with Gasteiger partial charge in [-0.2, -0.15) is 0 Å². The lowest BCUT2D eigenvalue weighted by atomic mass is 9.99. The Balaban J connectivity index is 2.25. The van der Waals surface area contributed by atoms with Crippen LogP contribution < -0.4 is 10.1 Å². The van der Waals surface area contributed by atoms with Crippen molar-refractivity contribution in [1.29, 1.82) is 0 Å². The van der Waals surface area contributed by atoms with Crippen LogP contribution in [0.1, 0.15) is 11.1 Å². The van der Waals surface area contributed by atoms with Crippen LogP contribution in [0.5, 0.6) is 0 Å². The number of hydrogen-bond acceptors (Lipinski definition) is 4. The molecular weight excluding hydrogens is 318 g/mol. The van der Waals surface area contributed by atoms with E-state index in [9.17, 15) is 0 Å². The van der Waals surface area contributed by atoms with Gasteiger partial charge in [0.15, 0.2) is 0 Å². The summed E-state index contributed by atoms with van der Waals surface area (Å²) in [6, 6.07) is 16.4. The van der Waals surface area contributed by atoms with Crippen molar-refractivity contribution in [3.63, 3.8) is 0 Å². The van der Waals surface area contributed by atoms with Crippen molar-refractivity contribution < 1.29 is 13.3 Å². The van der Waals surface area contributed by atoms with Crippen LogP contribution in [0.2, 0.25) is 0 Å². The third-order valence-corrected chi connectivity index (χ3v) is 6.78. The van der Waals surface area contributed by atoms with Crippen LogP contribution in [0, 0.1) is 0 Å². The third-order valence-electron chi connectivity index (χ3n) is 4.13. The number of hydrogen-bond donors (Lipinski definition) is 0. The number of benzene rings is 2. The Hall–Kier alpha value is -1.92. The van der Waals surface area contributed by atoms with Gasteiger partial charge in [-0.15, -0.1) is 0 Å². The fourth-order valence-electron chi connectivity index (χ4n) is 2.61. The average molecular weight is 343 g/mol. The molecule has 0 aliphatic carbocycles. The van der Waals surface area contributed by atoms with E-state index >= 15 is 0 Å². The van der Waals surface area contributed by atoms with Gasteiger partial charge in [0.05, 0.1) is 0 Å². The molecule has 0 amide bonds. The Bertz CT molecular complexity index is 668. The molecule has 0 aromatic heterocycles. The smallest absolute Gasteiger partial charge is 0.378 e. The van der Waals surface area contributed by atoms with E-state index in [1.165, 1.54) is 0 Å². The molecule has 0 spiro atoms. The number of anilines is 1. The highest BCUT2D eigenvalue weighted by molar-refractivity contribution is 6.75. The summed E-state index contributed by atoms with van der Waals surface area (Å²) in [5, 5.41) is 0.925. The van der Waals surface area contributed by atoms with Crippen molar-refractivity contribution in [2.24, 2.45) is 0 Å². The second-order valence-corrected chi connectivity index (χ2v) is 8.58. The molecule has 0 bridgehead atoms. The molecule has 24 heavy (non-hydrogen) atoms. The first-order valence-corrected chi connectivity index (χ1v) is 9.43. The fraction of sp³-hybridized carbons (Fsp3) is 0.263. The Morgan fingerprint density at radius 3 is 1.58 bits per heavy atom. The Kier molecular flexibility index (Phi) is 5.96. The molecule has 2 aromatic carbocycles. The summed E-state index contributed by atoms with van der Waals surface area (Å²) < 4.78 is 16.5. The van der Waals surface area contributed by atoms with Gasteiger partial charge >= 0.3 is 8.80 Å². The van der Waals surface area contributed by atoms with Crippen molar-refractivity contribution >= 4 is 25.3 Å². The van der Waals surface area contributed by atoms with E-state index in [2.05, 4.69) is 35.7 Å². The van der Waals surface area contributed by atoms with Crippen LogP contribution >= 0.6 is 0 Å². The zero-order valence-corrected chi connectivity index (χ0v) is 16.0. The monoisotopic (exact) mass is 343 g/mol. The molecule has 128 valence electrons. The van der Waals surface area contributed by atoms with E-state index in [1.54, 1.807) is 21.3 Å². The normalized spacial score (nSPS) is 11.4. The predicted octanol–water partition coefficient (Wildman–Crippen LogP) is 2.90. The second-order valence-electron chi connectivity index (χ2n) is 5.67. The lowest BCUT2D eigenvalue weighted by molar-refractivity contribution is 0.140. The quantitative estimate of drug-likeness (QED) is 0.724. The molecule has 0 fully saturated rings. The molecule has 0 atom stereocenters. The fourth-order valence-corrected chi connectivity index (χ4v) is 4.39. The largest absolute Gasteiger partial charge is 0.536 e. The van der Waals surface area contributed by atoms with E-state index in [4.69, 9.17) is 13.3 Å².